The Labute approximate surface area is 112 Å². The molecule has 5 heteroatoms. The lowest BCUT2D eigenvalue weighted by atomic mass is 10.0. The molecule has 1 aromatic carbocycles. The largest absolute Gasteiger partial charge is 0.496 e. The Morgan fingerprint density at radius 1 is 1.42 bits per heavy atom. The highest BCUT2D eigenvalue weighted by Gasteiger charge is 2.15. The van der Waals surface area contributed by atoms with Crippen LogP contribution in [0.2, 0.25) is 0 Å². The van der Waals surface area contributed by atoms with Crippen LogP contribution in [0.5, 0.6) is 5.75 Å². The monoisotopic (exact) mass is 265 g/mol. The number of carboxylic acid groups (broad SMARTS) is 1. The summed E-state index contributed by atoms with van der Waals surface area (Å²) in [5.41, 5.74) is 1.49. The Kier molecular flexibility index (Phi) is 5.51. The van der Waals surface area contributed by atoms with Crippen LogP contribution < -0.4 is 10.1 Å². The lowest BCUT2D eigenvalue weighted by Crippen LogP contribution is -2.35. The topological polar surface area (TPSA) is 75.6 Å². The fourth-order valence-electron chi connectivity index (χ4n) is 1.77. The third kappa shape index (κ3) is 4.37. The second-order valence-corrected chi connectivity index (χ2v) is 4.37. The van der Waals surface area contributed by atoms with E-state index in [1.54, 1.807) is 32.2 Å². The maximum atomic E-state index is 12.1. The Balaban J connectivity index is 2.66. The van der Waals surface area contributed by atoms with Crippen LogP contribution in [0.25, 0.3) is 0 Å². The van der Waals surface area contributed by atoms with Crippen molar-refractivity contribution < 1.29 is 19.4 Å². The summed E-state index contributed by atoms with van der Waals surface area (Å²) in [7, 11) is 1.58. The zero-order valence-corrected chi connectivity index (χ0v) is 11.4. The van der Waals surface area contributed by atoms with Crippen LogP contribution in [0, 0.1) is 6.92 Å². The van der Waals surface area contributed by atoms with Crippen LogP contribution in [0.3, 0.4) is 0 Å². The molecule has 5 nitrogen and oxygen atoms in total. The summed E-state index contributed by atoms with van der Waals surface area (Å²) in [4.78, 5) is 22.5. The summed E-state index contributed by atoms with van der Waals surface area (Å²) in [6.07, 6.45) is -0.000734. The van der Waals surface area contributed by atoms with Crippen molar-refractivity contribution in [3.05, 3.63) is 29.3 Å². The van der Waals surface area contributed by atoms with Gasteiger partial charge in [0.15, 0.2) is 5.78 Å². The molecule has 0 saturated heterocycles. The minimum atomic E-state index is -0.882. The molecule has 0 radical (unpaired) electrons. The Morgan fingerprint density at radius 3 is 2.63 bits per heavy atom. The second kappa shape index (κ2) is 6.89. The minimum absolute atomic E-state index is 0.000734. The van der Waals surface area contributed by atoms with Gasteiger partial charge in [-0.05, 0) is 37.6 Å². The van der Waals surface area contributed by atoms with E-state index in [2.05, 4.69) is 5.32 Å². The van der Waals surface area contributed by atoms with Crippen molar-refractivity contribution in [2.75, 3.05) is 13.7 Å². The van der Waals surface area contributed by atoms with Gasteiger partial charge in [-0.3, -0.25) is 9.59 Å². The number of ketones is 1. The molecule has 1 aromatic rings. The molecule has 19 heavy (non-hydrogen) atoms. The normalized spacial score (nSPS) is 11.9. The number of carbonyl (C=O) groups is 2. The average molecular weight is 265 g/mol. The molecule has 0 aliphatic heterocycles. The van der Waals surface area contributed by atoms with Gasteiger partial charge < -0.3 is 15.2 Å². The Bertz CT molecular complexity index is 471. The summed E-state index contributed by atoms with van der Waals surface area (Å²) in [5.74, 6) is -0.202. The van der Waals surface area contributed by atoms with E-state index < -0.39 is 12.0 Å². The molecule has 104 valence electrons. The first-order valence-electron chi connectivity index (χ1n) is 6.09. The average Bonchev–Trinajstić information content (AvgIpc) is 2.37. The number of carbonyl (C=O) groups excluding carboxylic acids is 1. The summed E-state index contributed by atoms with van der Waals surface area (Å²) in [5, 5.41) is 11.4. The van der Waals surface area contributed by atoms with Crippen molar-refractivity contribution >= 4 is 11.8 Å². The highest BCUT2D eigenvalue weighted by Crippen LogP contribution is 2.19. The molecule has 1 atom stereocenters. The van der Waals surface area contributed by atoms with E-state index in [1.165, 1.54) is 0 Å². The van der Waals surface area contributed by atoms with Crippen molar-refractivity contribution in [1.29, 1.82) is 0 Å². The van der Waals surface area contributed by atoms with Crippen LogP contribution in [0.1, 0.15) is 29.3 Å². The number of ether oxygens (including phenoxy) is 1. The lowest BCUT2D eigenvalue weighted by Gasteiger charge is -2.13. The molecule has 0 aliphatic rings. The third-order valence-corrected chi connectivity index (χ3v) is 2.86. The molecule has 0 aromatic heterocycles. The third-order valence-electron chi connectivity index (χ3n) is 2.86. The van der Waals surface area contributed by atoms with Crippen LogP contribution in [0.15, 0.2) is 18.2 Å². The van der Waals surface area contributed by atoms with Gasteiger partial charge in [0.05, 0.1) is 19.6 Å². The fraction of sp³-hybridized carbons (Fsp3) is 0.429. The summed E-state index contributed by atoms with van der Waals surface area (Å²) in [6, 6.07) is 4.83. The lowest BCUT2D eigenvalue weighted by molar-refractivity contribution is -0.136. The first kappa shape index (κ1) is 15.2. The van der Waals surface area contributed by atoms with Gasteiger partial charge in [0.25, 0.3) is 0 Å². The molecule has 0 amide bonds. The van der Waals surface area contributed by atoms with Crippen LogP contribution in [-0.4, -0.2) is 36.6 Å². The Morgan fingerprint density at radius 2 is 2.11 bits per heavy atom. The van der Waals surface area contributed by atoms with Gasteiger partial charge in [-0.25, -0.2) is 0 Å². The van der Waals surface area contributed by atoms with E-state index in [0.29, 0.717) is 5.56 Å². The molecule has 0 heterocycles. The number of nitrogens with one attached hydrogen (secondary N) is 1. The number of aryl methyl sites for hydroxylation is 1. The smallest absolute Gasteiger partial charge is 0.304 e. The Hall–Kier alpha value is -1.88. The first-order valence-corrected chi connectivity index (χ1v) is 6.09. The van der Waals surface area contributed by atoms with Gasteiger partial charge in [0, 0.05) is 12.1 Å². The SMILES string of the molecule is COc1ccc(C(=O)C(C)NCCC(=O)O)cc1C. The van der Waals surface area contributed by atoms with E-state index >= 15 is 0 Å². The van der Waals surface area contributed by atoms with E-state index in [9.17, 15) is 9.59 Å². The molecule has 0 saturated carbocycles. The highest BCUT2D eigenvalue weighted by molar-refractivity contribution is 6.00. The highest BCUT2D eigenvalue weighted by atomic mass is 16.5. The number of benzene rings is 1. The van der Waals surface area contributed by atoms with Crippen molar-refractivity contribution in [2.24, 2.45) is 0 Å². The molecule has 0 bridgehead atoms. The molecule has 0 aliphatic carbocycles. The summed E-state index contributed by atoms with van der Waals surface area (Å²) < 4.78 is 5.14. The van der Waals surface area contributed by atoms with Gasteiger partial charge in [0.2, 0.25) is 0 Å². The predicted octanol–water partition coefficient (Wildman–Crippen LogP) is 1.64. The van der Waals surface area contributed by atoms with Crippen LogP contribution in [0.4, 0.5) is 0 Å². The zero-order valence-electron chi connectivity index (χ0n) is 11.4. The van der Waals surface area contributed by atoms with Crippen LogP contribution in [-0.2, 0) is 4.79 Å². The number of hydrogen-bond donors (Lipinski definition) is 2. The standard InChI is InChI=1S/C14H19NO4/c1-9-8-11(4-5-12(9)19-3)14(18)10(2)15-7-6-13(16)17/h4-5,8,10,15H,6-7H2,1-3H3,(H,16,17). The molecule has 2 N–H and O–H groups in total. The zero-order chi connectivity index (χ0) is 14.4. The van der Waals surface area contributed by atoms with E-state index in [1.807, 2.05) is 6.92 Å². The number of carboxylic acids is 1. The number of aliphatic carboxylic acids is 1. The molecule has 1 rings (SSSR count). The number of rotatable bonds is 7. The van der Waals surface area contributed by atoms with Gasteiger partial charge in [-0.2, -0.15) is 0 Å². The predicted molar refractivity (Wildman–Crippen MR) is 71.8 cm³/mol. The summed E-state index contributed by atoms with van der Waals surface area (Å²) >= 11 is 0. The van der Waals surface area contributed by atoms with Crippen LogP contribution >= 0.6 is 0 Å². The molecular formula is C14H19NO4. The van der Waals surface area contributed by atoms with Crippen molar-refractivity contribution in [3.8, 4) is 5.75 Å². The molecular weight excluding hydrogens is 246 g/mol. The van der Waals surface area contributed by atoms with Gasteiger partial charge in [-0.15, -0.1) is 0 Å². The van der Waals surface area contributed by atoms with Crippen molar-refractivity contribution in [3.63, 3.8) is 0 Å². The fourth-order valence-corrected chi connectivity index (χ4v) is 1.77. The maximum Gasteiger partial charge on any atom is 0.304 e. The number of hydrogen-bond acceptors (Lipinski definition) is 4. The number of Topliss-reactive ketones (excluding diaryl/α,β-unsaturated/α-hetero) is 1. The summed E-state index contributed by atoms with van der Waals surface area (Å²) in [6.45, 7) is 3.87. The second-order valence-electron chi connectivity index (χ2n) is 4.37. The molecule has 0 fully saturated rings. The van der Waals surface area contributed by atoms with E-state index in [-0.39, 0.29) is 18.7 Å². The minimum Gasteiger partial charge on any atom is -0.496 e. The number of methoxy groups -OCH3 is 1. The van der Waals surface area contributed by atoms with Gasteiger partial charge in [0.1, 0.15) is 5.75 Å². The molecule has 1 unspecified atom stereocenters. The van der Waals surface area contributed by atoms with Crippen molar-refractivity contribution in [1.82, 2.24) is 5.32 Å². The van der Waals surface area contributed by atoms with Gasteiger partial charge in [-0.1, -0.05) is 0 Å². The first-order chi connectivity index (χ1) is 8.95. The van der Waals surface area contributed by atoms with Crippen molar-refractivity contribution in [2.45, 2.75) is 26.3 Å². The van der Waals surface area contributed by atoms with Gasteiger partial charge >= 0.3 is 5.97 Å². The quantitative estimate of drug-likeness (QED) is 0.733. The van der Waals surface area contributed by atoms with E-state index in [0.717, 1.165) is 11.3 Å². The maximum absolute atomic E-state index is 12.1. The van der Waals surface area contributed by atoms with E-state index in [4.69, 9.17) is 9.84 Å². The molecule has 0 spiro atoms.